The second-order valence-electron chi connectivity index (χ2n) is 5.37. The van der Waals surface area contributed by atoms with Crippen molar-refractivity contribution in [1.82, 2.24) is 15.2 Å². The first kappa shape index (κ1) is 17.5. The van der Waals surface area contributed by atoms with Gasteiger partial charge in [-0.2, -0.15) is 0 Å². The van der Waals surface area contributed by atoms with Crippen molar-refractivity contribution >= 4 is 23.4 Å². The summed E-state index contributed by atoms with van der Waals surface area (Å²) in [6.45, 7) is 4.13. The molecule has 1 aromatic heterocycles. The van der Waals surface area contributed by atoms with E-state index in [9.17, 15) is 9.59 Å². The Morgan fingerprint density at radius 1 is 1.30 bits per heavy atom. The van der Waals surface area contributed by atoms with Crippen LogP contribution in [-0.2, 0) is 4.79 Å². The number of hydrogen-bond acceptors (Lipinski definition) is 4. The molecule has 2 heterocycles. The quantitative estimate of drug-likeness (QED) is 0.807. The van der Waals surface area contributed by atoms with Gasteiger partial charge in [0, 0.05) is 26.1 Å². The van der Waals surface area contributed by atoms with Crippen LogP contribution in [0.25, 0.3) is 0 Å². The summed E-state index contributed by atoms with van der Waals surface area (Å²) in [4.78, 5) is 30.1. The number of ether oxygens (including phenoxy) is 1. The van der Waals surface area contributed by atoms with E-state index in [2.05, 4.69) is 10.3 Å². The Morgan fingerprint density at radius 3 is 2.74 bits per heavy atom. The molecule has 1 saturated heterocycles. The number of piperidine rings is 1. The standard InChI is InChI=1S/C16H22ClN3O3/c1-2-23-16-12(6-7-13(17)19-16)15(22)18-9-8-14(21)20-10-4-3-5-11-20/h6-7H,2-5,8-11H2,1H3,(H,18,22). The highest BCUT2D eigenvalue weighted by molar-refractivity contribution is 6.29. The smallest absolute Gasteiger partial charge is 0.256 e. The lowest BCUT2D eigenvalue weighted by atomic mass is 10.1. The molecule has 6 nitrogen and oxygen atoms in total. The van der Waals surface area contributed by atoms with E-state index < -0.39 is 0 Å². The average molecular weight is 340 g/mol. The lowest BCUT2D eigenvalue weighted by Gasteiger charge is -2.26. The third-order valence-electron chi connectivity index (χ3n) is 3.69. The van der Waals surface area contributed by atoms with Crippen LogP contribution in [0.3, 0.4) is 0 Å². The molecule has 2 rings (SSSR count). The van der Waals surface area contributed by atoms with E-state index in [1.807, 2.05) is 11.8 Å². The van der Waals surface area contributed by atoms with E-state index in [4.69, 9.17) is 16.3 Å². The number of nitrogens with one attached hydrogen (secondary N) is 1. The van der Waals surface area contributed by atoms with Gasteiger partial charge in [0.25, 0.3) is 5.91 Å². The molecule has 0 aromatic carbocycles. The predicted octanol–water partition coefficient (Wildman–Crippen LogP) is 2.27. The van der Waals surface area contributed by atoms with E-state index in [1.165, 1.54) is 12.5 Å². The largest absolute Gasteiger partial charge is 0.477 e. The lowest BCUT2D eigenvalue weighted by molar-refractivity contribution is -0.131. The van der Waals surface area contributed by atoms with Gasteiger partial charge in [0.1, 0.15) is 10.7 Å². The SMILES string of the molecule is CCOc1nc(Cl)ccc1C(=O)NCCC(=O)N1CCCCC1. The minimum atomic E-state index is -0.316. The Labute approximate surface area is 141 Å². The zero-order chi connectivity index (χ0) is 16.7. The number of amides is 2. The number of nitrogens with zero attached hydrogens (tertiary/aromatic N) is 2. The van der Waals surface area contributed by atoms with Crippen molar-refractivity contribution in [2.24, 2.45) is 0 Å². The van der Waals surface area contributed by atoms with E-state index in [1.54, 1.807) is 6.07 Å². The van der Waals surface area contributed by atoms with Gasteiger partial charge >= 0.3 is 0 Å². The highest BCUT2D eigenvalue weighted by atomic mass is 35.5. The number of hydrogen-bond donors (Lipinski definition) is 1. The van der Waals surface area contributed by atoms with Crippen LogP contribution in [0.5, 0.6) is 5.88 Å². The van der Waals surface area contributed by atoms with Crippen LogP contribution in [-0.4, -0.2) is 47.9 Å². The Bertz CT molecular complexity index is 560. The van der Waals surface area contributed by atoms with Gasteiger partial charge in [-0.1, -0.05) is 11.6 Å². The van der Waals surface area contributed by atoms with Gasteiger partial charge in [-0.3, -0.25) is 9.59 Å². The molecule has 1 N–H and O–H groups in total. The molecule has 0 spiro atoms. The molecule has 0 atom stereocenters. The van der Waals surface area contributed by atoms with Crippen molar-refractivity contribution in [2.75, 3.05) is 26.2 Å². The number of halogens is 1. The molecular weight excluding hydrogens is 318 g/mol. The summed E-state index contributed by atoms with van der Waals surface area (Å²) < 4.78 is 5.33. The van der Waals surface area contributed by atoms with Gasteiger partial charge in [0.2, 0.25) is 11.8 Å². The molecule has 0 saturated carbocycles. The van der Waals surface area contributed by atoms with Crippen LogP contribution in [0.1, 0.15) is 43.0 Å². The summed E-state index contributed by atoms with van der Waals surface area (Å²) in [5.74, 6) is -0.0202. The maximum absolute atomic E-state index is 12.2. The van der Waals surface area contributed by atoms with Crippen molar-refractivity contribution < 1.29 is 14.3 Å². The van der Waals surface area contributed by atoms with Crippen LogP contribution in [0.4, 0.5) is 0 Å². The fourth-order valence-corrected chi connectivity index (χ4v) is 2.66. The molecule has 0 unspecified atom stereocenters. The minimum absolute atomic E-state index is 0.0873. The Morgan fingerprint density at radius 2 is 2.04 bits per heavy atom. The molecule has 126 valence electrons. The van der Waals surface area contributed by atoms with Crippen LogP contribution in [0.15, 0.2) is 12.1 Å². The Balaban J connectivity index is 1.86. The van der Waals surface area contributed by atoms with Crippen molar-refractivity contribution in [2.45, 2.75) is 32.6 Å². The van der Waals surface area contributed by atoms with Crippen LogP contribution >= 0.6 is 11.6 Å². The number of likely N-dealkylation sites (tertiary alicyclic amines) is 1. The number of aromatic nitrogens is 1. The molecule has 1 aliphatic heterocycles. The third kappa shape index (κ3) is 5.10. The number of carbonyl (C=O) groups excluding carboxylic acids is 2. The lowest BCUT2D eigenvalue weighted by Crippen LogP contribution is -2.37. The summed E-state index contributed by atoms with van der Waals surface area (Å²) >= 11 is 5.82. The maximum Gasteiger partial charge on any atom is 0.256 e. The predicted molar refractivity (Wildman–Crippen MR) is 87.8 cm³/mol. The topological polar surface area (TPSA) is 71.5 Å². The minimum Gasteiger partial charge on any atom is -0.477 e. The fourth-order valence-electron chi connectivity index (χ4n) is 2.52. The highest BCUT2D eigenvalue weighted by Gasteiger charge is 2.18. The summed E-state index contributed by atoms with van der Waals surface area (Å²) in [7, 11) is 0. The van der Waals surface area contributed by atoms with E-state index in [0.29, 0.717) is 25.1 Å². The molecule has 7 heteroatoms. The second kappa shape index (κ2) is 8.72. The van der Waals surface area contributed by atoms with Crippen LogP contribution in [0, 0.1) is 0 Å². The molecular formula is C16H22ClN3O3. The normalized spacial score (nSPS) is 14.4. The summed E-state index contributed by atoms with van der Waals surface area (Å²) in [6, 6.07) is 3.11. The van der Waals surface area contributed by atoms with Crippen LogP contribution in [0.2, 0.25) is 5.15 Å². The van der Waals surface area contributed by atoms with E-state index in [-0.39, 0.29) is 22.8 Å². The maximum atomic E-state index is 12.2. The molecule has 23 heavy (non-hydrogen) atoms. The van der Waals surface area contributed by atoms with Gasteiger partial charge < -0.3 is 15.0 Å². The van der Waals surface area contributed by atoms with Gasteiger partial charge in [0.05, 0.1) is 6.61 Å². The Kier molecular flexibility index (Phi) is 6.65. The van der Waals surface area contributed by atoms with Gasteiger partial charge in [-0.05, 0) is 38.3 Å². The first-order valence-electron chi connectivity index (χ1n) is 7.97. The summed E-state index contributed by atoms with van der Waals surface area (Å²) in [6.07, 6.45) is 3.61. The molecule has 0 aliphatic carbocycles. The van der Waals surface area contributed by atoms with Crippen molar-refractivity contribution in [3.8, 4) is 5.88 Å². The first-order valence-corrected chi connectivity index (χ1v) is 8.35. The van der Waals surface area contributed by atoms with Gasteiger partial charge in [-0.15, -0.1) is 0 Å². The highest BCUT2D eigenvalue weighted by Crippen LogP contribution is 2.19. The van der Waals surface area contributed by atoms with Gasteiger partial charge in [-0.25, -0.2) is 4.98 Å². The average Bonchev–Trinajstić information content (AvgIpc) is 2.56. The Hall–Kier alpha value is -1.82. The van der Waals surface area contributed by atoms with Crippen molar-refractivity contribution in [1.29, 1.82) is 0 Å². The monoisotopic (exact) mass is 339 g/mol. The summed E-state index contributed by atoms with van der Waals surface area (Å²) in [5, 5.41) is 3.01. The van der Waals surface area contributed by atoms with Crippen LogP contribution < -0.4 is 10.1 Å². The fraction of sp³-hybridized carbons (Fsp3) is 0.562. The van der Waals surface area contributed by atoms with Gasteiger partial charge in [0.15, 0.2) is 0 Å². The molecule has 1 aromatic rings. The zero-order valence-electron chi connectivity index (χ0n) is 13.3. The number of carbonyl (C=O) groups is 2. The number of rotatable bonds is 6. The third-order valence-corrected chi connectivity index (χ3v) is 3.90. The van der Waals surface area contributed by atoms with E-state index in [0.717, 1.165) is 25.9 Å². The van der Waals surface area contributed by atoms with Crippen molar-refractivity contribution in [3.63, 3.8) is 0 Å². The second-order valence-corrected chi connectivity index (χ2v) is 5.75. The number of pyridine rings is 1. The zero-order valence-corrected chi connectivity index (χ0v) is 14.1. The summed E-state index contributed by atoms with van der Waals surface area (Å²) in [5.41, 5.74) is 0.321. The molecule has 1 fully saturated rings. The molecule has 1 aliphatic rings. The van der Waals surface area contributed by atoms with E-state index >= 15 is 0 Å². The first-order chi connectivity index (χ1) is 11.1. The molecule has 2 amide bonds. The molecule has 0 bridgehead atoms. The molecule has 0 radical (unpaired) electrons. The van der Waals surface area contributed by atoms with Crippen molar-refractivity contribution in [3.05, 3.63) is 22.8 Å².